The number of urea groups is 1. The molecule has 11 nitrogen and oxygen atoms in total. The van der Waals surface area contributed by atoms with Crippen molar-refractivity contribution in [2.24, 2.45) is 4.99 Å². The zero-order chi connectivity index (χ0) is 30.5. The molecule has 3 aromatic rings. The number of nitrogens with zero attached hydrogens (tertiary/aromatic N) is 4. The number of anilines is 3. The Labute approximate surface area is 256 Å². The molecule has 2 atom stereocenters. The second-order valence-corrected chi connectivity index (χ2v) is 10.9. The van der Waals surface area contributed by atoms with E-state index < -0.39 is 0 Å². The van der Waals surface area contributed by atoms with Gasteiger partial charge in [-0.25, -0.2) is 14.7 Å². The maximum Gasteiger partial charge on any atom is 0.319 e. The minimum atomic E-state index is -0.248. The van der Waals surface area contributed by atoms with Gasteiger partial charge in [-0.3, -0.25) is 9.69 Å². The molecule has 44 heavy (non-hydrogen) atoms. The lowest BCUT2D eigenvalue weighted by atomic mass is 10.1. The van der Waals surface area contributed by atoms with E-state index in [-0.39, 0.29) is 18.0 Å². The smallest absolute Gasteiger partial charge is 0.319 e. The number of aliphatic imine (C=N–C) groups is 1. The van der Waals surface area contributed by atoms with Crippen molar-refractivity contribution in [2.75, 3.05) is 48.5 Å². The lowest BCUT2D eigenvalue weighted by Gasteiger charge is -2.31. The van der Waals surface area contributed by atoms with Gasteiger partial charge in [-0.15, -0.1) is 0 Å². The molecule has 0 spiro atoms. The second-order valence-electron chi connectivity index (χ2n) is 10.9. The maximum absolute atomic E-state index is 13.0. The van der Waals surface area contributed by atoms with Crippen molar-refractivity contribution in [3.8, 4) is 0 Å². The third-order valence-electron chi connectivity index (χ3n) is 8.01. The third kappa shape index (κ3) is 6.34. The van der Waals surface area contributed by atoms with E-state index in [1.54, 1.807) is 23.4 Å². The number of carbonyl (C=O) groups is 2. The minimum Gasteiger partial charge on any atom is -0.378 e. The fraction of sp³-hybridized carbons (Fsp3) is 0.273. The first-order valence-corrected chi connectivity index (χ1v) is 14.9. The Morgan fingerprint density at radius 3 is 2.61 bits per heavy atom. The van der Waals surface area contributed by atoms with Crippen molar-refractivity contribution in [1.82, 2.24) is 15.2 Å². The Morgan fingerprint density at radius 2 is 1.86 bits per heavy atom. The average molecular weight is 594 g/mol. The van der Waals surface area contributed by atoms with E-state index in [9.17, 15) is 9.59 Å². The van der Waals surface area contributed by atoms with Crippen LogP contribution in [0.25, 0.3) is 0 Å². The van der Waals surface area contributed by atoms with E-state index in [1.165, 1.54) is 0 Å². The fourth-order valence-corrected chi connectivity index (χ4v) is 5.60. The molecule has 1 saturated heterocycles. The number of nitrogens with one attached hydrogen (secondary N) is 4. The van der Waals surface area contributed by atoms with Crippen LogP contribution in [-0.4, -0.2) is 60.6 Å². The van der Waals surface area contributed by atoms with Gasteiger partial charge in [-0.1, -0.05) is 43.3 Å². The highest BCUT2D eigenvalue weighted by molar-refractivity contribution is 5.98. The van der Waals surface area contributed by atoms with Crippen molar-refractivity contribution >= 4 is 35.0 Å². The zero-order valence-electron chi connectivity index (χ0n) is 24.9. The molecule has 0 radical (unpaired) electrons. The van der Waals surface area contributed by atoms with E-state index in [0.717, 1.165) is 45.4 Å². The number of benzene rings is 2. The molecule has 3 aliphatic heterocycles. The molecule has 3 amide bonds. The van der Waals surface area contributed by atoms with E-state index in [0.29, 0.717) is 44.4 Å². The van der Waals surface area contributed by atoms with Crippen LogP contribution in [0.5, 0.6) is 0 Å². The van der Waals surface area contributed by atoms with Crippen molar-refractivity contribution in [3.63, 3.8) is 0 Å². The Morgan fingerprint density at radius 1 is 1.05 bits per heavy atom. The van der Waals surface area contributed by atoms with Crippen molar-refractivity contribution < 1.29 is 19.2 Å². The van der Waals surface area contributed by atoms with E-state index in [4.69, 9.17) is 4.74 Å². The Kier molecular flexibility index (Phi) is 8.67. The Hall–Kier alpha value is -5.00. The maximum atomic E-state index is 13.0. The van der Waals surface area contributed by atoms with Gasteiger partial charge in [-0.05, 0) is 48.7 Å². The number of rotatable bonds is 8. The summed E-state index contributed by atoms with van der Waals surface area (Å²) < 4.78 is 5.36. The largest absolute Gasteiger partial charge is 0.378 e. The Bertz CT molecular complexity index is 1600. The quantitative estimate of drug-likeness (QED) is 0.317. The van der Waals surface area contributed by atoms with Crippen LogP contribution < -0.4 is 25.8 Å². The van der Waals surface area contributed by atoms with Gasteiger partial charge in [0.2, 0.25) is 0 Å². The number of pyridine rings is 1. The van der Waals surface area contributed by atoms with Crippen LogP contribution in [0.3, 0.4) is 0 Å². The number of aromatic nitrogens is 1. The number of fused-ring (bicyclic) bond motifs is 1. The summed E-state index contributed by atoms with van der Waals surface area (Å²) in [7, 11) is 0. The number of amides is 3. The molecule has 0 bridgehead atoms. The number of hydrogen-bond donors (Lipinski definition) is 4. The summed E-state index contributed by atoms with van der Waals surface area (Å²) in [4.78, 5) is 40.0. The molecule has 2 aromatic carbocycles. The normalized spacial score (nSPS) is 18.2. The summed E-state index contributed by atoms with van der Waals surface area (Å²) in [6, 6.07) is 19.1. The standard InChI is InChI=1S/C33H36N8O3/c1-3-26(24-8-5-4-6-9-24)37-33(43)38-27-10-7-11-29(23(27)2)41-21-28(31-34-14-15-40(31)22-41)36-30-13-12-25(20-35-30)32(42)39-16-18-44-19-17-39/h4-15,20-21,26H,3,16-19,22H2,1-2H3,(H,35,36)(H2,37,38,43)/p+1. The summed E-state index contributed by atoms with van der Waals surface area (Å²) in [5.41, 5.74) is 5.05. The van der Waals surface area contributed by atoms with Crippen LogP contribution in [-0.2, 0) is 4.74 Å². The molecule has 11 heteroatoms. The molecule has 1 aromatic heterocycles. The predicted molar refractivity (Wildman–Crippen MR) is 170 cm³/mol. The van der Waals surface area contributed by atoms with Gasteiger partial charge in [0.05, 0.1) is 36.7 Å². The van der Waals surface area contributed by atoms with Crippen LogP contribution in [0.1, 0.15) is 40.9 Å². The highest BCUT2D eigenvalue weighted by Crippen LogP contribution is 2.28. The highest BCUT2D eigenvalue weighted by atomic mass is 16.5. The van der Waals surface area contributed by atoms with Crippen molar-refractivity contribution in [3.05, 3.63) is 108 Å². The van der Waals surface area contributed by atoms with E-state index in [1.807, 2.05) is 73.9 Å². The molecular formula is C33H37N8O3+. The fourth-order valence-electron chi connectivity index (χ4n) is 5.60. The highest BCUT2D eigenvalue weighted by Gasteiger charge is 2.32. The van der Waals surface area contributed by atoms with Crippen molar-refractivity contribution in [1.29, 1.82) is 0 Å². The van der Waals surface area contributed by atoms with E-state index >= 15 is 0 Å². The molecular weight excluding hydrogens is 556 g/mol. The van der Waals surface area contributed by atoms with Crippen LogP contribution in [0.2, 0.25) is 0 Å². The number of hydrogen-bond acceptors (Lipinski definition) is 7. The first-order valence-electron chi connectivity index (χ1n) is 14.9. The van der Waals surface area contributed by atoms with Gasteiger partial charge < -0.3 is 25.6 Å². The first-order chi connectivity index (χ1) is 21.5. The van der Waals surface area contributed by atoms with E-state index in [2.05, 4.69) is 37.8 Å². The summed E-state index contributed by atoms with van der Waals surface area (Å²) in [5.74, 6) is 1.42. The number of amidine groups is 1. The zero-order valence-corrected chi connectivity index (χ0v) is 24.9. The summed E-state index contributed by atoms with van der Waals surface area (Å²) in [6.45, 7) is 6.96. The average Bonchev–Trinajstić information content (AvgIpc) is 3.55. The van der Waals surface area contributed by atoms with Gasteiger partial charge in [0.25, 0.3) is 11.7 Å². The van der Waals surface area contributed by atoms with Crippen molar-refractivity contribution in [2.45, 2.75) is 26.3 Å². The number of ether oxygens (including phenoxy) is 1. The molecule has 4 N–H and O–H groups in total. The van der Waals surface area contributed by atoms with Crippen LogP contribution in [0, 0.1) is 6.92 Å². The third-order valence-corrected chi connectivity index (χ3v) is 8.01. The van der Waals surface area contributed by atoms with Crippen LogP contribution in [0.4, 0.5) is 22.0 Å². The molecule has 4 heterocycles. The summed E-state index contributed by atoms with van der Waals surface area (Å²) in [5, 5.41) is 9.55. The van der Waals surface area contributed by atoms with Gasteiger partial charge in [-0.2, -0.15) is 4.99 Å². The minimum absolute atomic E-state index is 0.0432. The number of carbonyl (C=O) groups excluding carboxylic acids is 2. The SMILES string of the molecule is CCC(NC(=O)Nc1cccc(N2C=C(Nc3ccc(C(=O)N4CCOCC4)cn3)C3=NC=C[NH+]3C2)c1C)c1ccccc1. The first kappa shape index (κ1) is 29.1. The van der Waals surface area contributed by atoms with Gasteiger partial charge in [0, 0.05) is 31.2 Å². The lowest BCUT2D eigenvalue weighted by Crippen LogP contribution is -3.12. The van der Waals surface area contributed by atoms with Crippen LogP contribution in [0.15, 0.2) is 96.1 Å². The molecule has 1 fully saturated rings. The van der Waals surface area contributed by atoms with Gasteiger partial charge in [0.15, 0.2) is 6.67 Å². The predicted octanol–water partition coefficient (Wildman–Crippen LogP) is 3.63. The van der Waals surface area contributed by atoms with Gasteiger partial charge in [0.1, 0.15) is 17.7 Å². The lowest BCUT2D eigenvalue weighted by molar-refractivity contribution is -0.743. The number of morpholine rings is 1. The molecule has 6 rings (SSSR count). The van der Waals surface area contributed by atoms with Gasteiger partial charge >= 0.3 is 6.03 Å². The molecule has 0 aliphatic carbocycles. The molecule has 2 unspecified atom stereocenters. The molecule has 3 aliphatic rings. The number of quaternary nitrogens is 1. The second kappa shape index (κ2) is 13.1. The van der Waals surface area contributed by atoms with Crippen LogP contribution >= 0.6 is 0 Å². The molecule has 0 saturated carbocycles. The summed E-state index contributed by atoms with van der Waals surface area (Å²) in [6.07, 6.45) is 8.20. The Balaban J connectivity index is 1.18. The summed E-state index contributed by atoms with van der Waals surface area (Å²) >= 11 is 0. The monoisotopic (exact) mass is 593 g/mol. The topological polar surface area (TPSA) is 116 Å². The molecule has 226 valence electrons.